The number of benzene rings is 3. The van der Waals surface area contributed by atoms with Crippen molar-refractivity contribution in [3.05, 3.63) is 94.8 Å². The highest BCUT2D eigenvalue weighted by Crippen LogP contribution is 2.32. The van der Waals surface area contributed by atoms with E-state index in [1.807, 2.05) is 12.1 Å². The number of halogens is 1. The molecule has 1 aliphatic heterocycles. The molecule has 0 aromatic heterocycles. The number of rotatable bonds is 7. The van der Waals surface area contributed by atoms with Crippen molar-refractivity contribution >= 4 is 12.0 Å². The van der Waals surface area contributed by atoms with Gasteiger partial charge in [0.1, 0.15) is 29.8 Å². The van der Waals surface area contributed by atoms with Crippen molar-refractivity contribution in [2.75, 3.05) is 6.79 Å². The molecule has 4 rings (SSSR count). The fourth-order valence-corrected chi connectivity index (χ4v) is 3.08. The molecule has 0 aliphatic carbocycles. The lowest BCUT2D eigenvalue weighted by Crippen LogP contribution is -2.23. The van der Waals surface area contributed by atoms with Crippen LogP contribution in [0.3, 0.4) is 0 Å². The predicted molar refractivity (Wildman–Crippen MR) is 115 cm³/mol. The Kier molecular flexibility index (Phi) is 6.33. The average molecular weight is 430 g/mol. The Labute approximate surface area is 184 Å². The minimum Gasteiger partial charge on any atom is -0.489 e. The SMILES string of the molecule is N#C/C(=C\c1ccc(OCc2ccccc2F)cc1)C(=O)NCc1ccc2c(c1)OCO2. The molecule has 0 bridgehead atoms. The van der Waals surface area contributed by atoms with Crippen molar-refractivity contribution in [3.8, 4) is 23.3 Å². The molecular weight excluding hydrogens is 411 g/mol. The van der Waals surface area contributed by atoms with Crippen molar-refractivity contribution in [1.82, 2.24) is 5.32 Å². The molecule has 7 heteroatoms. The van der Waals surface area contributed by atoms with Gasteiger partial charge in [0.05, 0.1) is 0 Å². The second-order valence-corrected chi connectivity index (χ2v) is 6.99. The molecule has 1 N–H and O–H groups in total. The minimum absolute atomic E-state index is 0.0224. The van der Waals surface area contributed by atoms with Gasteiger partial charge in [0.2, 0.25) is 6.79 Å². The molecule has 0 fully saturated rings. The van der Waals surface area contributed by atoms with Gasteiger partial charge in [-0.05, 0) is 47.5 Å². The van der Waals surface area contributed by atoms with Gasteiger partial charge in [0.15, 0.2) is 11.5 Å². The van der Waals surface area contributed by atoms with Crippen LogP contribution in [0.2, 0.25) is 0 Å². The van der Waals surface area contributed by atoms with Gasteiger partial charge < -0.3 is 19.5 Å². The van der Waals surface area contributed by atoms with Gasteiger partial charge in [0, 0.05) is 12.1 Å². The molecule has 0 saturated carbocycles. The number of carbonyl (C=O) groups is 1. The van der Waals surface area contributed by atoms with Gasteiger partial charge in [-0.3, -0.25) is 4.79 Å². The summed E-state index contributed by atoms with van der Waals surface area (Å²) in [7, 11) is 0. The number of fused-ring (bicyclic) bond motifs is 1. The number of amides is 1. The van der Waals surface area contributed by atoms with Crippen LogP contribution < -0.4 is 19.5 Å². The van der Waals surface area contributed by atoms with E-state index >= 15 is 0 Å². The lowest BCUT2D eigenvalue weighted by Gasteiger charge is -2.08. The van der Waals surface area contributed by atoms with Crippen molar-refractivity contribution in [2.45, 2.75) is 13.2 Å². The number of hydrogen-bond donors (Lipinski definition) is 1. The first kappa shape index (κ1) is 20.9. The molecule has 160 valence electrons. The maximum atomic E-state index is 13.7. The van der Waals surface area contributed by atoms with Gasteiger partial charge in [0.25, 0.3) is 5.91 Å². The lowest BCUT2D eigenvalue weighted by atomic mass is 10.1. The molecular formula is C25H19FN2O4. The molecule has 6 nitrogen and oxygen atoms in total. The van der Waals surface area contributed by atoms with E-state index in [1.54, 1.807) is 54.6 Å². The molecule has 0 atom stereocenters. The van der Waals surface area contributed by atoms with Crippen molar-refractivity contribution < 1.29 is 23.4 Å². The normalized spacial score (nSPS) is 12.2. The smallest absolute Gasteiger partial charge is 0.262 e. The second kappa shape index (κ2) is 9.67. The summed E-state index contributed by atoms with van der Waals surface area (Å²) in [5.41, 5.74) is 1.93. The third-order valence-corrected chi connectivity index (χ3v) is 4.80. The van der Waals surface area contributed by atoms with Crippen LogP contribution in [0.5, 0.6) is 17.2 Å². The van der Waals surface area contributed by atoms with Crippen LogP contribution in [-0.2, 0) is 17.9 Å². The lowest BCUT2D eigenvalue weighted by molar-refractivity contribution is -0.117. The summed E-state index contributed by atoms with van der Waals surface area (Å²) >= 11 is 0. The Morgan fingerprint density at radius 2 is 1.88 bits per heavy atom. The zero-order chi connectivity index (χ0) is 22.3. The summed E-state index contributed by atoms with van der Waals surface area (Å²) in [5.74, 6) is 1.04. The first-order valence-electron chi connectivity index (χ1n) is 9.87. The summed E-state index contributed by atoms with van der Waals surface area (Å²) in [6.45, 7) is 0.532. The molecule has 0 unspecified atom stereocenters. The zero-order valence-electron chi connectivity index (χ0n) is 17.0. The Balaban J connectivity index is 1.35. The number of ether oxygens (including phenoxy) is 3. The molecule has 0 spiro atoms. The fraction of sp³-hybridized carbons (Fsp3) is 0.120. The van der Waals surface area contributed by atoms with E-state index in [-0.39, 0.29) is 31.3 Å². The summed E-state index contributed by atoms with van der Waals surface area (Å²) < 4.78 is 29.9. The zero-order valence-corrected chi connectivity index (χ0v) is 17.0. The van der Waals surface area contributed by atoms with Gasteiger partial charge in [-0.25, -0.2) is 4.39 Å². The van der Waals surface area contributed by atoms with Crippen molar-refractivity contribution in [3.63, 3.8) is 0 Å². The van der Waals surface area contributed by atoms with Crippen LogP contribution in [0.15, 0.2) is 72.3 Å². The van der Waals surface area contributed by atoms with Crippen molar-refractivity contribution in [2.24, 2.45) is 0 Å². The number of nitriles is 1. The van der Waals surface area contributed by atoms with Crippen LogP contribution >= 0.6 is 0 Å². The van der Waals surface area contributed by atoms with Gasteiger partial charge >= 0.3 is 0 Å². The summed E-state index contributed by atoms with van der Waals surface area (Å²) in [6.07, 6.45) is 1.50. The summed E-state index contributed by atoms with van der Waals surface area (Å²) in [4.78, 5) is 12.4. The molecule has 1 heterocycles. The molecule has 3 aromatic rings. The first-order chi connectivity index (χ1) is 15.6. The Bertz CT molecular complexity index is 1200. The summed E-state index contributed by atoms with van der Waals surface area (Å²) in [6, 6.07) is 20.6. The molecule has 3 aromatic carbocycles. The number of hydrogen-bond acceptors (Lipinski definition) is 5. The largest absolute Gasteiger partial charge is 0.489 e. The van der Waals surface area contributed by atoms with Crippen LogP contribution in [0, 0.1) is 17.1 Å². The summed E-state index contributed by atoms with van der Waals surface area (Å²) in [5, 5.41) is 12.1. The van der Waals surface area contributed by atoms with E-state index in [0.717, 1.165) is 5.56 Å². The molecule has 32 heavy (non-hydrogen) atoms. The average Bonchev–Trinajstić information content (AvgIpc) is 3.29. The highest BCUT2D eigenvalue weighted by Gasteiger charge is 2.14. The third kappa shape index (κ3) is 5.05. The maximum Gasteiger partial charge on any atom is 0.262 e. The highest BCUT2D eigenvalue weighted by molar-refractivity contribution is 6.01. The standard InChI is InChI=1S/C25H19FN2O4/c26-22-4-2-1-3-19(22)15-30-21-8-5-17(6-9-21)11-20(13-27)25(29)28-14-18-7-10-23-24(12-18)32-16-31-23/h1-12H,14-16H2,(H,28,29)/b20-11+. The monoisotopic (exact) mass is 430 g/mol. The quantitative estimate of drug-likeness (QED) is 0.445. The number of nitrogens with one attached hydrogen (secondary N) is 1. The van der Waals surface area contributed by atoms with Crippen molar-refractivity contribution in [1.29, 1.82) is 5.26 Å². The fourth-order valence-electron chi connectivity index (χ4n) is 3.08. The van der Waals surface area contributed by atoms with Crippen LogP contribution in [0.1, 0.15) is 16.7 Å². The molecule has 0 saturated heterocycles. The molecule has 0 radical (unpaired) electrons. The minimum atomic E-state index is -0.481. The van der Waals surface area contributed by atoms with Gasteiger partial charge in [-0.15, -0.1) is 0 Å². The van der Waals surface area contributed by atoms with E-state index in [1.165, 1.54) is 12.1 Å². The van der Waals surface area contributed by atoms with Gasteiger partial charge in [-0.1, -0.05) is 36.4 Å². The van der Waals surface area contributed by atoms with E-state index in [2.05, 4.69) is 5.32 Å². The van der Waals surface area contributed by atoms with E-state index in [0.29, 0.717) is 28.4 Å². The van der Waals surface area contributed by atoms with E-state index in [9.17, 15) is 14.4 Å². The van der Waals surface area contributed by atoms with Gasteiger partial charge in [-0.2, -0.15) is 5.26 Å². The Morgan fingerprint density at radius 3 is 2.66 bits per heavy atom. The first-order valence-corrected chi connectivity index (χ1v) is 9.87. The van der Waals surface area contributed by atoms with E-state index in [4.69, 9.17) is 14.2 Å². The molecule has 1 amide bonds. The topological polar surface area (TPSA) is 80.6 Å². The van der Waals surface area contributed by atoms with Crippen LogP contribution in [0.4, 0.5) is 4.39 Å². The number of carbonyl (C=O) groups excluding carboxylic acids is 1. The predicted octanol–water partition coefficient (Wildman–Crippen LogP) is 4.36. The maximum absolute atomic E-state index is 13.7. The Morgan fingerprint density at radius 1 is 1.09 bits per heavy atom. The van der Waals surface area contributed by atoms with Crippen LogP contribution in [-0.4, -0.2) is 12.7 Å². The third-order valence-electron chi connectivity index (χ3n) is 4.80. The number of nitrogens with zero attached hydrogens (tertiary/aromatic N) is 1. The Hall–Kier alpha value is -4.31. The van der Waals surface area contributed by atoms with E-state index < -0.39 is 5.91 Å². The second-order valence-electron chi connectivity index (χ2n) is 6.99. The highest BCUT2D eigenvalue weighted by atomic mass is 19.1. The van der Waals surface area contributed by atoms with Crippen LogP contribution in [0.25, 0.3) is 6.08 Å². The molecule has 1 aliphatic rings.